The molecule has 0 aliphatic carbocycles. The van der Waals surface area contributed by atoms with Gasteiger partial charge in [0.1, 0.15) is 11.8 Å². The smallest absolute Gasteiger partial charge is 0.344 e. The van der Waals surface area contributed by atoms with E-state index >= 15 is 0 Å². The molecule has 5 nitrogen and oxygen atoms in total. The molecule has 16 heavy (non-hydrogen) atoms. The summed E-state index contributed by atoms with van der Waals surface area (Å²) in [4.78, 5) is 24.8. The van der Waals surface area contributed by atoms with E-state index in [4.69, 9.17) is 9.47 Å². The molecule has 0 bridgehead atoms. The predicted octanol–water partition coefficient (Wildman–Crippen LogP) is 0.601. The minimum absolute atomic E-state index is 0.0441. The van der Waals surface area contributed by atoms with Crippen LogP contribution in [0.3, 0.4) is 0 Å². The Morgan fingerprint density at radius 3 is 2.25 bits per heavy atom. The second kappa shape index (κ2) is 7.87. The van der Waals surface area contributed by atoms with E-state index < -0.39 is 5.97 Å². The highest BCUT2D eigenvalue weighted by Gasteiger charge is 2.20. The van der Waals surface area contributed by atoms with Gasteiger partial charge in [-0.15, -0.1) is 0 Å². The number of nitrogens with zero attached hydrogens (tertiary/aromatic N) is 1. The topological polar surface area (TPSA) is 55.8 Å². The van der Waals surface area contributed by atoms with E-state index in [-0.39, 0.29) is 24.5 Å². The van der Waals surface area contributed by atoms with Gasteiger partial charge in [0.25, 0.3) is 0 Å². The van der Waals surface area contributed by atoms with E-state index in [9.17, 15) is 9.59 Å². The molecule has 0 radical (unpaired) electrons. The first kappa shape index (κ1) is 14.6. The van der Waals surface area contributed by atoms with Gasteiger partial charge in [0.05, 0.1) is 19.8 Å². The molecule has 0 rings (SSSR count). The van der Waals surface area contributed by atoms with E-state index in [2.05, 4.69) is 0 Å². The van der Waals surface area contributed by atoms with Gasteiger partial charge in [-0.05, 0) is 27.9 Å². The molecule has 92 valence electrons. The summed E-state index contributed by atoms with van der Waals surface area (Å²) in [5, 5.41) is 0. The molecule has 0 fully saturated rings. The van der Waals surface area contributed by atoms with E-state index in [0.717, 1.165) is 0 Å². The van der Waals surface area contributed by atoms with Gasteiger partial charge in [-0.3, -0.25) is 4.79 Å². The van der Waals surface area contributed by atoms with Crippen LogP contribution in [0, 0.1) is 0 Å². The van der Waals surface area contributed by atoms with Crippen LogP contribution >= 0.6 is 0 Å². The standard InChI is InChI=1S/C11H19NO4/c1-5-15-8-9(11(14)16-6-2)10(13)7-12(3)4/h8H,5-7H2,1-4H3/b9-8-. The Morgan fingerprint density at radius 2 is 1.81 bits per heavy atom. The first-order chi connectivity index (χ1) is 7.52. The summed E-state index contributed by atoms with van der Waals surface area (Å²) < 4.78 is 9.74. The molecule has 0 unspecified atom stereocenters. The van der Waals surface area contributed by atoms with Gasteiger partial charge in [-0.25, -0.2) is 4.79 Å². The van der Waals surface area contributed by atoms with Gasteiger partial charge < -0.3 is 14.4 Å². The first-order valence-corrected chi connectivity index (χ1v) is 5.19. The van der Waals surface area contributed by atoms with Crippen molar-refractivity contribution in [3.05, 3.63) is 11.8 Å². The fraction of sp³-hybridized carbons (Fsp3) is 0.636. The minimum atomic E-state index is -0.636. The highest BCUT2D eigenvalue weighted by Crippen LogP contribution is 2.02. The van der Waals surface area contributed by atoms with Crippen LogP contribution in [0.4, 0.5) is 0 Å². The summed E-state index contributed by atoms with van der Waals surface area (Å²) in [7, 11) is 3.50. The van der Waals surface area contributed by atoms with Crippen LogP contribution in [0.5, 0.6) is 0 Å². The lowest BCUT2D eigenvalue weighted by Gasteiger charge is -2.10. The molecule has 0 N–H and O–H groups in total. The zero-order valence-corrected chi connectivity index (χ0v) is 10.3. The lowest BCUT2D eigenvalue weighted by atomic mass is 10.2. The number of ketones is 1. The van der Waals surface area contributed by atoms with E-state index in [1.807, 2.05) is 0 Å². The van der Waals surface area contributed by atoms with Crippen molar-refractivity contribution in [2.75, 3.05) is 33.9 Å². The molecule has 0 aromatic heterocycles. The van der Waals surface area contributed by atoms with Gasteiger partial charge in [-0.1, -0.05) is 0 Å². The van der Waals surface area contributed by atoms with Crippen molar-refractivity contribution in [2.45, 2.75) is 13.8 Å². The van der Waals surface area contributed by atoms with Crippen molar-refractivity contribution in [1.29, 1.82) is 0 Å². The summed E-state index contributed by atoms with van der Waals surface area (Å²) in [6.07, 6.45) is 1.17. The largest absolute Gasteiger partial charge is 0.500 e. The summed E-state index contributed by atoms with van der Waals surface area (Å²) in [6.45, 7) is 4.25. The van der Waals surface area contributed by atoms with Gasteiger partial charge in [0.15, 0.2) is 5.78 Å². The molecule has 0 aromatic rings. The maximum absolute atomic E-state index is 11.7. The highest BCUT2D eigenvalue weighted by atomic mass is 16.5. The molecule has 0 spiro atoms. The summed E-state index contributed by atoms with van der Waals surface area (Å²) in [5.74, 6) is -0.945. The molecule has 0 saturated carbocycles. The van der Waals surface area contributed by atoms with Gasteiger partial charge in [0, 0.05) is 0 Å². The van der Waals surface area contributed by atoms with E-state index in [0.29, 0.717) is 6.61 Å². The zero-order valence-electron chi connectivity index (χ0n) is 10.3. The van der Waals surface area contributed by atoms with E-state index in [1.54, 1.807) is 32.8 Å². The Balaban J connectivity index is 4.66. The second-order valence-electron chi connectivity index (χ2n) is 3.37. The van der Waals surface area contributed by atoms with Crippen molar-refractivity contribution in [1.82, 2.24) is 4.90 Å². The summed E-state index contributed by atoms with van der Waals surface area (Å²) in [6, 6.07) is 0. The van der Waals surface area contributed by atoms with Crippen molar-refractivity contribution >= 4 is 11.8 Å². The van der Waals surface area contributed by atoms with Crippen LogP contribution in [0.1, 0.15) is 13.8 Å². The van der Waals surface area contributed by atoms with Gasteiger partial charge >= 0.3 is 5.97 Å². The van der Waals surface area contributed by atoms with Gasteiger partial charge in [0.2, 0.25) is 0 Å². The quantitative estimate of drug-likeness (QED) is 0.210. The number of carbonyl (C=O) groups excluding carboxylic acids is 2. The minimum Gasteiger partial charge on any atom is -0.500 e. The van der Waals surface area contributed by atoms with Crippen molar-refractivity contribution < 1.29 is 19.1 Å². The molecular weight excluding hydrogens is 210 g/mol. The summed E-state index contributed by atoms with van der Waals surface area (Å²) >= 11 is 0. The third-order valence-corrected chi connectivity index (χ3v) is 1.62. The SMILES string of the molecule is CCO/C=C(/C(=O)CN(C)C)C(=O)OCC. The monoisotopic (exact) mass is 229 g/mol. The van der Waals surface area contributed by atoms with Crippen LogP contribution in [-0.4, -0.2) is 50.5 Å². The van der Waals surface area contributed by atoms with E-state index in [1.165, 1.54) is 6.26 Å². The molecule has 0 amide bonds. The fourth-order valence-corrected chi connectivity index (χ4v) is 0.976. The zero-order chi connectivity index (χ0) is 12.6. The summed E-state index contributed by atoms with van der Waals surface area (Å²) in [5.41, 5.74) is -0.0441. The fourth-order valence-electron chi connectivity index (χ4n) is 0.976. The Hall–Kier alpha value is -1.36. The lowest BCUT2D eigenvalue weighted by Crippen LogP contribution is -2.27. The number of ether oxygens (including phenoxy) is 2. The maximum atomic E-state index is 11.7. The number of likely N-dealkylation sites (N-methyl/N-ethyl adjacent to an activating group) is 1. The molecule has 0 heterocycles. The van der Waals surface area contributed by atoms with Crippen molar-refractivity contribution in [3.8, 4) is 0 Å². The Bertz CT molecular complexity index is 271. The van der Waals surface area contributed by atoms with Crippen LogP contribution in [-0.2, 0) is 19.1 Å². The third-order valence-electron chi connectivity index (χ3n) is 1.62. The number of hydrogen-bond acceptors (Lipinski definition) is 5. The molecule has 0 aliphatic heterocycles. The number of carbonyl (C=O) groups is 2. The molecular formula is C11H19NO4. The first-order valence-electron chi connectivity index (χ1n) is 5.19. The lowest BCUT2D eigenvalue weighted by molar-refractivity contribution is -0.140. The molecule has 0 aromatic carbocycles. The molecule has 0 saturated heterocycles. The number of rotatable bonds is 7. The third kappa shape index (κ3) is 5.50. The molecule has 5 heteroatoms. The Kier molecular flexibility index (Phi) is 7.20. The Morgan fingerprint density at radius 1 is 1.19 bits per heavy atom. The number of hydrogen-bond donors (Lipinski definition) is 0. The van der Waals surface area contributed by atoms with Crippen molar-refractivity contribution in [3.63, 3.8) is 0 Å². The number of esters is 1. The van der Waals surface area contributed by atoms with Gasteiger partial charge in [-0.2, -0.15) is 0 Å². The predicted molar refractivity (Wildman–Crippen MR) is 59.9 cm³/mol. The average molecular weight is 229 g/mol. The highest BCUT2D eigenvalue weighted by molar-refractivity contribution is 6.17. The normalized spacial score (nSPS) is 11.4. The number of Topliss-reactive ketones (excluding diaryl/α,β-unsaturated/α-hetero) is 1. The average Bonchev–Trinajstić information content (AvgIpc) is 2.17. The maximum Gasteiger partial charge on any atom is 0.344 e. The van der Waals surface area contributed by atoms with Crippen LogP contribution in [0.15, 0.2) is 11.8 Å². The molecule has 0 atom stereocenters. The molecule has 0 aliphatic rings. The van der Waals surface area contributed by atoms with Crippen LogP contribution in [0.2, 0.25) is 0 Å². The Labute approximate surface area is 96.0 Å². The second-order valence-corrected chi connectivity index (χ2v) is 3.37. The van der Waals surface area contributed by atoms with Crippen LogP contribution < -0.4 is 0 Å². The van der Waals surface area contributed by atoms with Crippen molar-refractivity contribution in [2.24, 2.45) is 0 Å². The van der Waals surface area contributed by atoms with Crippen LogP contribution in [0.25, 0.3) is 0 Å².